The molecule has 0 aliphatic carbocycles. The molecule has 2 heteroatoms. The van der Waals surface area contributed by atoms with Gasteiger partial charge in [-0.2, -0.15) is 0 Å². The number of benzene rings is 2. The van der Waals surface area contributed by atoms with Crippen LogP contribution < -0.4 is 10.2 Å². The normalized spacial score (nSPS) is 10.3. The molecule has 15 heavy (non-hydrogen) atoms. The van der Waals surface area contributed by atoms with Crippen LogP contribution in [0.5, 0.6) is 0 Å². The van der Waals surface area contributed by atoms with E-state index < -0.39 is 0 Å². The Hall–Kier alpha value is -1.70. The summed E-state index contributed by atoms with van der Waals surface area (Å²) in [5.74, 6) is 0. The molecule has 0 spiro atoms. The molecular formula is C13H16N2. The van der Waals surface area contributed by atoms with Gasteiger partial charge in [0.2, 0.25) is 0 Å². The molecule has 2 rings (SSSR count). The Morgan fingerprint density at radius 3 is 2.20 bits per heavy atom. The molecule has 78 valence electrons. The molecule has 0 unspecified atom stereocenters. The number of hydrogen-bond donors (Lipinski definition) is 1. The highest BCUT2D eigenvalue weighted by Crippen LogP contribution is 2.30. The van der Waals surface area contributed by atoms with Gasteiger partial charge in [0.1, 0.15) is 0 Å². The summed E-state index contributed by atoms with van der Waals surface area (Å²) >= 11 is 0. The van der Waals surface area contributed by atoms with Crippen LogP contribution in [0.15, 0.2) is 36.4 Å². The van der Waals surface area contributed by atoms with E-state index in [9.17, 15) is 0 Å². The summed E-state index contributed by atoms with van der Waals surface area (Å²) in [6, 6.07) is 12.7. The number of anilines is 2. The smallest absolute Gasteiger partial charge is 0.0442 e. The third kappa shape index (κ3) is 1.63. The van der Waals surface area contributed by atoms with Gasteiger partial charge in [0.05, 0.1) is 0 Å². The fourth-order valence-corrected chi connectivity index (χ4v) is 1.89. The van der Waals surface area contributed by atoms with Gasteiger partial charge >= 0.3 is 0 Å². The first-order valence-electron chi connectivity index (χ1n) is 5.11. The lowest BCUT2D eigenvalue weighted by atomic mass is 10.1. The number of fused-ring (bicyclic) bond motifs is 1. The average Bonchev–Trinajstić information content (AvgIpc) is 2.27. The predicted octanol–water partition coefficient (Wildman–Crippen LogP) is 2.95. The quantitative estimate of drug-likeness (QED) is 0.801. The molecule has 0 heterocycles. The van der Waals surface area contributed by atoms with Crippen LogP contribution in [-0.4, -0.2) is 21.1 Å². The van der Waals surface area contributed by atoms with E-state index >= 15 is 0 Å². The molecule has 2 aromatic carbocycles. The molecule has 0 aromatic heterocycles. The van der Waals surface area contributed by atoms with E-state index in [2.05, 4.69) is 60.7 Å². The Morgan fingerprint density at radius 2 is 1.60 bits per heavy atom. The van der Waals surface area contributed by atoms with E-state index in [4.69, 9.17) is 0 Å². The monoisotopic (exact) mass is 200 g/mol. The Bertz CT molecular complexity index is 475. The number of nitrogens with zero attached hydrogens (tertiary/aromatic N) is 1. The van der Waals surface area contributed by atoms with Gasteiger partial charge in [-0.3, -0.25) is 0 Å². The summed E-state index contributed by atoms with van der Waals surface area (Å²) in [4.78, 5) is 2.14. The largest absolute Gasteiger partial charge is 0.388 e. The van der Waals surface area contributed by atoms with Gasteiger partial charge < -0.3 is 10.2 Å². The van der Waals surface area contributed by atoms with Gasteiger partial charge in [-0.1, -0.05) is 24.3 Å². The molecule has 0 atom stereocenters. The number of nitrogens with one attached hydrogen (secondary N) is 1. The second-order valence-electron chi connectivity index (χ2n) is 3.82. The molecule has 2 aromatic rings. The van der Waals surface area contributed by atoms with Gasteiger partial charge in [0.25, 0.3) is 0 Å². The van der Waals surface area contributed by atoms with Crippen LogP contribution >= 0.6 is 0 Å². The summed E-state index contributed by atoms with van der Waals surface area (Å²) in [5, 5.41) is 5.77. The van der Waals surface area contributed by atoms with Crippen LogP contribution in [0.25, 0.3) is 10.8 Å². The van der Waals surface area contributed by atoms with Crippen LogP contribution in [0, 0.1) is 0 Å². The van der Waals surface area contributed by atoms with Gasteiger partial charge in [-0.25, -0.2) is 0 Å². The topological polar surface area (TPSA) is 15.3 Å². The molecule has 0 radical (unpaired) electrons. The van der Waals surface area contributed by atoms with Crippen molar-refractivity contribution in [3.05, 3.63) is 36.4 Å². The van der Waals surface area contributed by atoms with Gasteiger partial charge in [-0.05, 0) is 12.1 Å². The van der Waals surface area contributed by atoms with E-state index in [0.29, 0.717) is 0 Å². The Balaban J connectivity index is 2.77. The zero-order valence-electron chi connectivity index (χ0n) is 9.41. The lowest BCUT2D eigenvalue weighted by Gasteiger charge is -2.17. The first-order chi connectivity index (χ1) is 7.24. The first kappa shape index (κ1) is 9.84. The lowest BCUT2D eigenvalue weighted by Crippen LogP contribution is -2.09. The summed E-state index contributed by atoms with van der Waals surface area (Å²) in [6.45, 7) is 0. The molecule has 0 fully saturated rings. The molecule has 2 nitrogen and oxygen atoms in total. The molecule has 1 N–H and O–H groups in total. The van der Waals surface area contributed by atoms with Crippen molar-refractivity contribution in [2.45, 2.75) is 0 Å². The zero-order valence-corrected chi connectivity index (χ0v) is 9.41. The highest BCUT2D eigenvalue weighted by molar-refractivity contribution is 6.01. The van der Waals surface area contributed by atoms with Crippen molar-refractivity contribution in [3.63, 3.8) is 0 Å². The molecule has 0 saturated carbocycles. The third-order valence-electron chi connectivity index (χ3n) is 2.65. The fraction of sp³-hybridized carbons (Fsp3) is 0.231. The number of hydrogen-bond acceptors (Lipinski definition) is 2. The van der Waals surface area contributed by atoms with Crippen molar-refractivity contribution in [2.24, 2.45) is 0 Å². The third-order valence-corrected chi connectivity index (χ3v) is 2.65. The molecule has 0 saturated heterocycles. The van der Waals surface area contributed by atoms with Gasteiger partial charge in [0.15, 0.2) is 0 Å². The molecule has 0 aliphatic rings. The van der Waals surface area contributed by atoms with Crippen LogP contribution in [0.3, 0.4) is 0 Å². The maximum absolute atomic E-state index is 3.22. The maximum atomic E-state index is 3.22. The van der Waals surface area contributed by atoms with Crippen molar-refractivity contribution < 1.29 is 0 Å². The average molecular weight is 200 g/mol. The van der Waals surface area contributed by atoms with Crippen LogP contribution in [-0.2, 0) is 0 Å². The fourth-order valence-electron chi connectivity index (χ4n) is 1.89. The second kappa shape index (κ2) is 3.81. The lowest BCUT2D eigenvalue weighted by molar-refractivity contribution is 1.14. The molecule has 0 bridgehead atoms. The van der Waals surface area contributed by atoms with Crippen molar-refractivity contribution in [3.8, 4) is 0 Å². The molecule has 0 aliphatic heterocycles. The van der Waals surface area contributed by atoms with E-state index in [-0.39, 0.29) is 0 Å². The van der Waals surface area contributed by atoms with E-state index in [1.54, 1.807) is 0 Å². The Labute approximate surface area is 90.5 Å². The maximum Gasteiger partial charge on any atom is 0.0442 e. The predicted molar refractivity (Wildman–Crippen MR) is 67.8 cm³/mol. The molecular weight excluding hydrogens is 184 g/mol. The van der Waals surface area contributed by atoms with Crippen molar-refractivity contribution in [2.75, 3.05) is 31.4 Å². The van der Waals surface area contributed by atoms with Crippen molar-refractivity contribution in [1.29, 1.82) is 0 Å². The summed E-state index contributed by atoms with van der Waals surface area (Å²) in [6.07, 6.45) is 0. The SMILES string of the molecule is CNc1ccc(N(C)C)c2ccccc12. The van der Waals surface area contributed by atoms with E-state index in [0.717, 1.165) is 0 Å². The van der Waals surface area contributed by atoms with Gasteiger partial charge in [0, 0.05) is 43.3 Å². The summed E-state index contributed by atoms with van der Waals surface area (Å²) < 4.78 is 0. The van der Waals surface area contributed by atoms with Crippen molar-refractivity contribution >= 4 is 22.1 Å². The Morgan fingerprint density at radius 1 is 0.933 bits per heavy atom. The standard InChI is InChI=1S/C13H16N2/c1-14-12-8-9-13(15(2)3)11-7-5-4-6-10(11)12/h4-9,14H,1-3H3. The van der Waals surface area contributed by atoms with Crippen LogP contribution in [0.2, 0.25) is 0 Å². The van der Waals surface area contributed by atoms with E-state index in [1.165, 1.54) is 22.1 Å². The Kier molecular flexibility index (Phi) is 2.50. The van der Waals surface area contributed by atoms with Gasteiger partial charge in [-0.15, -0.1) is 0 Å². The molecule has 0 amide bonds. The zero-order chi connectivity index (χ0) is 10.8. The second-order valence-corrected chi connectivity index (χ2v) is 3.82. The summed E-state index contributed by atoms with van der Waals surface area (Å²) in [7, 11) is 6.10. The highest BCUT2D eigenvalue weighted by Gasteiger charge is 2.05. The number of rotatable bonds is 2. The first-order valence-corrected chi connectivity index (χ1v) is 5.11. The summed E-state index contributed by atoms with van der Waals surface area (Å²) in [5.41, 5.74) is 2.43. The minimum atomic E-state index is 1.18. The van der Waals surface area contributed by atoms with Crippen molar-refractivity contribution in [1.82, 2.24) is 0 Å². The minimum absolute atomic E-state index is 1.18. The minimum Gasteiger partial charge on any atom is -0.388 e. The highest BCUT2D eigenvalue weighted by atomic mass is 15.1. The van der Waals surface area contributed by atoms with Crippen LogP contribution in [0.4, 0.5) is 11.4 Å². The van der Waals surface area contributed by atoms with Crippen LogP contribution in [0.1, 0.15) is 0 Å². The van der Waals surface area contributed by atoms with E-state index in [1.807, 2.05) is 7.05 Å².